The fraction of sp³-hybridized carbons (Fsp3) is 0.818. The number of hydrogen-bond acceptors (Lipinski definition) is 4. The van der Waals surface area contributed by atoms with Gasteiger partial charge in [0.05, 0.1) is 0 Å². The van der Waals surface area contributed by atoms with Gasteiger partial charge >= 0.3 is 11.8 Å². The Balaban J connectivity index is 1.95. The third kappa shape index (κ3) is 2.93. The second kappa shape index (κ2) is 5.73. The monoisotopic (exact) mass is 257 g/mol. The Morgan fingerprint density at radius 2 is 1.88 bits per heavy atom. The van der Waals surface area contributed by atoms with Gasteiger partial charge in [-0.3, -0.25) is 9.59 Å². The first-order valence-electron chi connectivity index (χ1n) is 6.08. The van der Waals surface area contributed by atoms with Crippen LogP contribution in [0, 0.1) is 0 Å². The second-order valence-corrected chi connectivity index (χ2v) is 5.61. The first kappa shape index (κ1) is 12.7. The lowest BCUT2D eigenvalue weighted by molar-refractivity contribution is -0.153. The summed E-state index contributed by atoms with van der Waals surface area (Å²) in [5.74, 6) is 1.22. The summed E-state index contributed by atoms with van der Waals surface area (Å²) in [6.45, 7) is 5.55. The summed E-state index contributed by atoms with van der Waals surface area (Å²) in [4.78, 5) is 27.5. The minimum Gasteiger partial charge on any atom is -0.332 e. The predicted octanol–water partition coefficient (Wildman–Crippen LogP) is -0.618. The van der Waals surface area contributed by atoms with Gasteiger partial charge in [-0.2, -0.15) is 11.8 Å². The second-order valence-electron chi connectivity index (χ2n) is 4.46. The number of piperazine rings is 1. The van der Waals surface area contributed by atoms with Gasteiger partial charge in [-0.1, -0.05) is 0 Å². The molecule has 2 saturated heterocycles. The number of carbonyl (C=O) groups is 2. The van der Waals surface area contributed by atoms with Crippen LogP contribution in [0.15, 0.2) is 0 Å². The van der Waals surface area contributed by atoms with Gasteiger partial charge in [0.25, 0.3) is 0 Å². The number of nitrogens with one attached hydrogen (secondary N) is 1. The highest BCUT2D eigenvalue weighted by Crippen LogP contribution is 2.16. The Hall–Kier alpha value is -0.750. The van der Waals surface area contributed by atoms with Crippen molar-refractivity contribution in [2.45, 2.75) is 13.0 Å². The van der Waals surface area contributed by atoms with Crippen molar-refractivity contribution in [2.24, 2.45) is 0 Å². The summed E-state index contributed by atoms with van der Waals surface area (Å²) < 4.78 is 0. The summed E-state index contributed by atoms with van der Waals surface area (Å²) in [5, 5.41) is 3.17. The lowest BCUT2D eigenvalue weighted by Gasteiger charge is -2.35. The van der Waals surface area contributed by atoms with E-state index < -0.39 is 0 Å². The zero-order valence-corrected chi connectivity index (χ0v) is 11.0. The van der Waals surface area contributed by atoms with Crippen molar-refractivity contribution >= 4 is 23.6 Å². The lowest BCUT2D eigenvalue weighted by atomic mass is 10.2. The van der Waals surface area contributed by atoms with Gasteiger partial charge in [0.1, 0.15) is 0 Å². The maximum atomic E-state index is 12.1. The molecule has 1 N–H and O–H groups in total. The Labute approximate surface area is 106 Å². The molecule has 0 aromatic heterocycles. The van der Waals surface area contributed by atoms with Gasteiger partial charge in [-0.05, 0) is 6.92 Å². The first-order chi connectivity index (χ1) is 8.20. The molecule has 17 heavy (non-hydrogen) atoms. The van der Waals surface area contributed by atoms with Gasteiger partial charge in [-0.15, -0.1) is 0 Å². The number of thioether (sulfide) groups is 1. The van der Waals surface area contributed by atoms with Crippen LogP contribution in [-0.4, -0.2) is 71.9 Å². The van der Waals surface area contributed by atoms with Gasteiger partial charge in [0.15, 0.2) is 0 Å². The van der Waals surface area contributed by atoms with Crippen LogP contribution in [-0.2, 0) is 9.59 Å². The molecule has 2 heterocycles. The van der Waals surface area contributed by atoms with E-state index in [-0.39, 0.29) is 17.9 Å². The molecule has 2 amide bonds. The normalized spacial score (nSPS) is 25.8. The van der Waals surface area contributed by atoms with E-state index in [1.165, 1.54) is 0 Å². The minimum atomic E-state index is -0.328. The van der Waals surface area contributed by atoms with Crippen LogP contribution < -0.4 is 5.32 Å². The molecule has 2 rings (SSSR count). The smallest absolute Gasteiger partial charge is 0.312 e. The summed E-state index contributed by atoms with van der Waals surface area (Å²) in [6.07, 6.45) is 0. The maximum absolute atomic E-state index is 12.1. The van der Waals surface area contributed by atoms with Crippen LogP contribution in [0.25, 0.3) is 0 Å². The third-order valence-electron chi connectivity index (χ3n) is 3.22. The molecule has 1 unspecified atom stereocenters. The van der Waals surface area contributed by atoms with Crippen LogP contribution in [0.4, 0.5) is 0 Å². The number of hydrogen-bond donors (Lipinski definition) is 1. The molecule has 0 bridgehead atoms. The van der Waals surface area contributed by atoms with Crippen LogP contribution >= 0.6 is 11.8 Å². The molecular weight excluding hydrogens is 238 g/mol. The van der Waals surface area contributed by atoms with Gasteiger partial charge in [0.2, 0.25) is 0 Å². The Morgan fingerprint density at radius 3 is 2.53 bits per heavy atom. The molecule has 5 nitrogen and oxygen atoms in total. The van der Waals surface area contributed by atoms with Gasteiger partial charge in [-0.25, -0.2) is 0 Å². The van der Waals surface area contributed by atoms with Crippen molar-refractivity contribution < 1.29 is 9.59 Å². The average molecular weight is 257 g/mol. The quantitative estimate of drug-likeness (QED) is 0.588. The molecule has 0 aliphatic carbocycles. The molecule has 2 fully saturated rings. The van der Waals surface area contributed by atoms with E-state index in [4.69, 9.17) is 0 Å². The fourth-order valence-electron chi connectivity index (χ4n) is 2.15. The Bertz CT molecular complexity index is 305. The van der Waals surface area contributed by atoms with E-state index in [1.54, 1.807) is 9.80 Å². The van der Waals surface area contributed by atoms with Crippen molar-refractivity contribution in [3.05, 3.63) is 0 Å². The molecule has 6 heteroatoms. The highest BCUT2D eigenvalue weighted by molar-refractivity contribution is 7.99. The van der Waals surface area contributed by atoms with E-state index in [9.17, 15) is 9.59 Å². The summed E-state index contributed by atoms with van der Waals surface area (Å²) in [7, 11) is 0. The molecule has 0 aromatic rings. The first-order valence-corrected chi connectivity index (χ1v) is 7.24. The molecule has 1 atom stereocenters. The van der Waals surface area contributed by atoms with Crippen LogP contribution in [0.2, 0.25) is 0 Å². The minimum absolute atomic E-state index is 0.174. The van der Waals surface area contributed by atoms with Crippen molar-refractivity contribution in [3.8, 4) is 0 Å². The van der Waals surface area contributed by atoms with Crippen molar-refractivity contribution in [2.75, 3.05) is 44.2 Å². The third-order valence-corrected chi connectivity index (χ3v) is 4.41. The summed E-state index contributed by atoms with van der Waals surface area (Å²) in [5.41, 5.74) is 0. The Kier molecular flexibility index (Phi) is 4.28. The van der Waals surface area contributed by atoms with E-state index in [0.717, 1.165) is 24.6 Å². The molecule has 0 spiro atoms. The highest BCUT2D eigenvalue weighted by atomic mass is 32.2. The van der Waals surface area contributed by atoms with Crippen LogP contribution in [0.3, 0.4) is 0 Å². The molecule has 2 aliphatic rings. The molecule has 0 radical (unpaired) electrons. The Morgan fingerprint density at radius 1 is 1.18 bits per heavy atom. The maximum Gasteiger partial charge on any atom is 0.312 e. The molecule has 96 valence electrons. The molecule has 0 aromatic carbocycles. The summed E-state index contributed by atoms with van der Waals surface area (Å²) >= 11 is 1.84. The molecule has 0 saturated carbocycles. The van der Waals surface area contributed by atoms with Crippen LogP contribution in [0.5, 0.6) is 0 Å². The van der Waals surface area contributed by atoms with Crippen molar-refractivity contribution in [1.82, 2.24) is 15.1 Å². The number of carbonyl (C=O) groups excluding carboxylic acids is 2. The molecule has 2 aliphatic heterocycles. The van der Waals surface area contributed by atoms with Crippen molar-refractivity contribution in [3.63, 3.8) is 0 Å². The molecular formula is C11H19N3O2S. The predicted molar refractivity (Wildman–Crippen MR) is 67.9 cm³/mol. The van der Waals surface area contributed by atoms with Crippen LogP contribution in [0.1, 0.15) is 6.92 Å². The zero-order chi connectivity index (χ0) is 12.3. The van der Waals surface area contributed by atoms with E-state index in [2.05, 4.69) is 5.32 Å². The largest absolute Gasteiger partial charge is 0.332 e. The SMILES string of the molecule is CC1CSCCN1C(=O)C(=O)N1CCNCC1. The lowest BCUT2D eigenvalue weighted by Crippen LogP contribution is -2.55. The number of nitrogens with zero attached hydrogens (tertiary/aromatic N) is 2. The highest BCUT2D eigenvalue weighted by Gasteiger charge is 2.31. The van der Waals surface area contributed by atoms with Gasteiger partial charge < -0.3 is 15.1 Å². The number of amides is 2. The topological polar surface area (TPSA) is 52.7 Å². The van der Waals surface area contributed by atoms with Crippen molar-refractivity contribution in [1.29, 1.82) is 0 Å². The standard InChI is InChI=1S/C11H19N3O2S/c1-9-8-17-7-6-14(9)11(16)10(15)13-4-2-12-3-5-13/h9,12H,2-8H2,1H3. The van der Waals surface area contributed by atoms with E-state index in [0.29, 0.717) is 19.6 Å². The number of rotatable bonds is 0. The zero-order valence-electron chi connectivity index (χ0n) is 10.1. The average Bonchev–Trinajstić information content (AvgIpc) is 2.39. The summed E-state index contributed by atoms with van der Waals surface area (Å²) in [6, 6.07) is 0.174. The van der Waals surface area contributed by atoms with Gasteiger partial charge in [0, 0.05) is 50.3 Å². The van der Waals surface area contributed by atoms with E-state index in [1.807, 2.05) is 18.7 Å². The fourth-order valence-corrected chi connectivity index (χ4v) is 3.17. The van der Waals surface area contributed by atoms with E-state index >= 15 is 0 Å².